The van der Waals surface area contributed by atoms with Crippen molar-refractivity contribution in [1.29, 1.82) is 0 Å². The average Bonchev–Trinajstić information content (AvgIpc) is 3.21. The maximum atomic E-state index is 12.8. The molecule has 0 bridgehead atoms. The van der Waals surface area contributed by atoms with Crippen LogP contribution in [-0.2, 0) is 14.2 Å². The van der Waals surface area contributed by atoms with Gasteiger partial charge in [-0.1, -0.05) is 29.8 Å². The first kappa shape index (κ1) is 28.4. The summed E-state index contributed by atoms with van der Waals surface area (Å²) in [5.74, 6) is -0.313. The fraction of sp³-hybridized carbons (Fsp3) is 0.444. The number of aliphatic hydroxyl groups is 6. The fourth-order valence-electron chi connectivity index (χ4n) is 4.67. The average molecular weight is 563 g/mol. The van der Waals surface area contributed by atoms with Crippen LogP contribution in [0, 0.1) is 6.92 Å². The van der Waals surface area contributed by atoms with Gasteiger partial charge >= 0.3 is 0 Å². The van der Waals surface area contributed by atoms with Gasteiger partial charge in [0.1, 0.15) is 58.2 Å². The van der Waals surface area contributed by atoms with E-state index >= 15 is 0 Å². The number of benzene rings is 2. The number of fused-ring (bicyclic) bond motifs is 1. The van der Waals surface area contributed by atoms with Crippen molar-refractivity contribution in [3.8, 4) is 22.8 Å². The quantitative estimate of drug-likeness (QED) is 0.187. The van der Waals surface area contributed by atoms with E-state index in [2.05, 4.69) is 0 Å². The van der Waals surface area contributed by atoms with Crippen LogP contribution in [-0.4, -0.2) is 104 Å². The number of aromatic hydroxyl groups is 1. The first-order chi connectivity index (χ1) is 19.0. The molecule has 7 N–H and O–H groups in total. The van der Waals surface area contributed by atoms with Gasteiger partial charge in [-0.25, -0.2) is 0 Å². The highest BCUT2D eigenvalue weighted by Crippen LogP contribution is 2.35. The van der Waals surface area contributed by atoms with E-state index in [4.69, 9.17) is 23.4 Å². The zero-order chi connectivity index (χ0) is 28.8. The van der Waals surface area contributed by atoms with Crippen LogP contribution >= 0.6 is 0 Å². The molecule has 0 aliphatic carbocycles. The number of aliphatic hydroxyl groups excluding tert-OH is 5. The van der Waals surface area contributed by atoms with Crippen molar-refractivity contribution >= 4 is 11.0 Å². The predicted octanol–water partition coefficient (Wildman–Crippen LogP) is -0.882. The molecule has 40 heavy (non-hydrogen) atoms. The van der Waals surface area contributed by atoms with Gasteiger partial charge in [-0.3, -0.25) is 4.79 Å². The molecule has 2 aliphatic rings. The monoisotopic (exact) mass is 562 g/mol. The van der Waals surface area contributed by atoms with Crippen molar-refractivity contribution in [1.82, 2.24) is 0 Å². The molecule has 0 spiro atoms. The lowest BCUT2D eigenvalue weighted by Crippen LogP contribution is -2.62. The first-order valence-corrected chi connectivity index (χ1v) is 12.5. The van der Waals surface area contributed by atoms with Crippen molar-refractivity contribution in [2.45, 2.75) is 55.6 Å². The molecule has 0 amide bonds. The fourth-order valence-corrected chi connectivity index (χ4v) is 4.67. The van der Waals surface area contributed by atoms with Crippen molar-refractivity contribution in [3.05, 3.63) is 58.3 Å². The third kappa shape index (κ3) is 5.19. The lowest BCUT2D eigenvalue weighted by atomic mass is 9.98. The van der Waals surface area contributed by atoms with Gasteiger partial charge in [0.15, 0.2) is 17.8 Å². The van der Waals surface area contributed by atoms with Gasteiger partial charge < -0.3 is 59.1 Å². The largest absolute Gasteiger partial charge is 0.507 e. The Morgan fingerprint density at radius 3 is 2.40 bits per heavy atom. The van der Waals surface area contributed by atoms with Gasteiger partial charge in [-0.05, 0) is 6.92 Å². The SMILES string of the molecule is Cc1ccc(-c2cc(=O)c3c(O)cc(O[C@@H]4O[C@H](CO)[C@@H](O)[C@H](O)[C@H]4O[C@@H]4OC[C@](O)(CO)[C@@H]4O)cc3o2)cc1. The molecule has 216 valence electrons. The normalized spacial score (nSPS) is 32.4. The summed E-state index contributed by atoms with van der Waals surface area (Å²) in [6, 6.07) is 10.9. The Hall–Kier alpha value is -3.11. The number of phenols is 1. The molecule has 1 aromatic heterocycles. The van der Waals surface area contributed by atoms with E-state index < -0.39 is 79.7 Å². The zero-order valence-electron chi connectivity index (χ0n) is 21.3. The Morgan fingerprint density at radius 1 is 1.02 bits per heavy atom. The Bertz CT molecular complexity index is 1410. The molecule has 0 saturated carbocycles. The van der Waals surface area contributed by atoms with E-state index in [0.29, 0.717) is 5.56 Å². The van der Waals surface area contributed by atoms with Crippen LogP contribution in [0.15, 0.2) is 51.7 Å². The van der Waals surface area contributed by atoms with Gasteiger partial charge in [0.25, 0.3) is 0 Å². The topological polar surface area (TPSA) is 209 Å². The van der Waals surface area contributed by atoms with Gasteiger partial charge in [0, 0.05) is 23.8 Å². The number of aryl methyl sites for hydroxylation is 1. The molecule has 2 aromatic carbocycles. The molecule has 2 aliphatic heterocycles. The third-order valence-corrected chi connectivity index (χ3v) is 7.07. The van der Waals surface area contributed by atoms with Crippen molar-refractivity contribution in [2.24, 2.45) is 0 Å². The molecule has 3 aromatic rings. The van der Waals surface area contributed by atoms with Crippen molar-refractivity contribution in [3.63, 3.8) is 0 Å². The second-order valence-electron chi connectivity index (χ2n) is 9.97. The Kier molecular flexibility index (Phi) is 7.85. The van der Waals surface area contributed by atoms with Gasteiger partial charge in [-0.15, -0.1) is 0 Å². The smallest absolute Gasteiger partial charge is 0.229 e. The Morgan fingerprint density at radius 2 is 1.75 bits per heavy atom. The van der Waals surface area contributed by atoms with Crippen LogP contribution in [0.5, 0.6) is 11.5 Å². The maximum Gasteiger partial charge on any atom is 0.229 e. The van der Waals surface area contributed by atoms with Crippen LogP contribution in [0.3, 0.4) is 0 Å². The Balaban J connectivity index is 1.47. The molecule has 13 nitrogen and oxygen atoms in total. The number of ether oxygens (including phenoxy) is 4. The molecule has 0 radical (unpaired) electrons. The van der Waals surface area contributed by atoms with E-state index in [1.54, 1.807) is 12.1 Å². The number of rotatable bonds is 7. The van der Waals surface area contributed by atoms with Crippen LogP contribution in [0.4, 0.5) is 0 Å². The van der Waals surface area contributed by atoms with Crippen LogP contribution in [0.1, 0.15) is 5.56 Å². The summed E-state index contributed by atoms with van der Waals surface area (Å²) in [7, 11) is 0. The van der Waals surface area contributed by atoms with Crippen LogP contribution in [0.25, 0.3) is 22.3 Å². The number of hydrogen-bond donors (Lipinski definition) is 7. The van der Waals surface area contributed by atoms with E-state index in [1.807, 2.05) is 19.1 Å². The van der Waals surface area contributed by atoms with Crippen molar-refractivity contribution < 1.29 is 59.1 Å². The summed E-state index contributed by atoms with van der Waals surface area (Å²) in [6.07, 6.45) is -11.1. The summed E-state index contributed by atoms with van der Waals surface area (Å²) in [6.45, 7) is -0.0996. The second kappa shape index (κ2) is 11.0. The summed E-state index contributed by atoms with van der Waals surface area (Å²) in [5, 5.41) is 71.4. The highest BCUT2D eigenvalue weighted by atomic mass is 16.8. The number of phenolic OH excluding ortho intramolecular Hbond substituents is 1. The maximum absolute atomic E-state index is 12.8. The van der Waals surface area contributed by atoms with Gasteiger partial charge in [-0.2, -0.15) is 0 Å². The van der Waals surface area contributed by atoms with Crippen LogP contribution in [0.2, 0.25) is 0 Å². The lowest BCUT2D eigenvalue weighted by Gasteiger charge is -2.42. The van der Waals surface area contributed by atoms with Crippen LogP contribution < -0.4 is 10.2 Å². The molecular formula is C27H30O13. The van der Waals surface area contributed by atoms with E-state index in [-0.39, 0.29) is 22.5 Å². The molecule has 8 atom stereocenters. The second-order valence-corrected chi connectivity index (χ2v) is 9.97. The summed E-state index contributed by atoms with van der Waals surface area (Å²) in [5.41, 5.74) is -0.911. The molecule has 13 heteroatoms. The summed E-state index contributed by atoms with van der Waals surface area (Å²) >= 11 is 0. The first-order valence-electron chi connectivity index (χ1n) is 12.5. The van der Waals surface area contributed by atoms with E-state index in [0.717, 1.165) is 11.6 Å². The molecule has 3 heterocycles. The lowest BCUT2D eigenvalue weighted by molar-refractivity contribution is -0.318. The molecule has 5 rings (SSSR count). The number of hydrogen-bond acceptors (Lipinski definition) is 13. The third-order valence-electron chi connectivity index (χ3n) is 7.07. The van der Waals surface area contributed by atoms with E-state index in [9.17, 15) is 40.5 Å². The zero-order valence-corrected chi connectivity index (χ0v) is 21.3. The molecular weight excluding hydrogens is 532 g/mol. The standard InChI is InChI=1S/C27H30O13/c1-12-2-4-13(5-3-12)17-8-16(31)20-15(30)6-14(7-18(20)38-17)37-25-23(22(33)21(32)19(9-28)39-25)40-26-24(34)27(35,10-29)11-36-26/h2-8,19,21-26,28-30,32-35H,9-11H2,1H3/t19-,21-,22+,23-,24-,25-,26+,27-/m1/s1. The predicted molar refractivity (Wildman–Crippen MR) is 135 cm³/mol. The summed E-state index contributed by atoms with van der Waals surface area (Å²) < 4.78 is 28.2. The van der Waals surface area contributed by atoms with E-state index in [1.165, 1.54) is 12.1 Å². The highest BCUT2D eigenvalue weighted by Gasteiger charge is 2.53. The Labute approximate surface area is 227 Å². The minimum atomic E-state index is -2.02. The molecule has 0 unspecified atom stereocenters. The van der Waals surface area contributed by atoms with Crippen molar-refractivity contribution in [2.75, 3.05) is 19.8 Å². The van der Waals surface area contributed by atoms with Gasteiger partial charge in [0.2, 0.25) is 6.29 Å². The summed E-state index contributed by atoms with van der Waals surface area (Å²) in [4.78, 5) is 12.8. The molecule has 2 fully saturated rings. The van der Waals surface area contributed by atoms with Gasteiger partial charge in [0.05, 0.1) is 19.8 Å². The minimum absolute atomic E-state index is 0.0202. The minimum Gasteiger partial charge on any atom is -0.507 e. The molecule has 2 saturated heterocycles. The highest BCUT2D eigenvalue weighted by molar-refractivity contribution is 5.86.